The van der Waals surface area contributed by atoms with Gasteiger partial charge in [0.1, 0.15) is 6.04 Å². The highest BCUT2D eigenvalue weighted by Crippen LogP contribution is 2.32. The van der Waals surface area contributed by atoms with E-state index in [1.807, 2.05) is 13.8 Å². The van der Waals surface area contributed by atoms with Crippen molar-refractivity contribution >= 4 is 28.5 Å². The van der Waals surface area contributed by atoms with Gasteiger partial charge in [-0.3, -0.25) is 9.69 Å². The van der Waals surface area contributed by atoms with E-state index in [0.717, 1.165) is 21.6 Å². The lowest BCUT2D eigenvalue weighted by Crippen LogP contribution is -2.42. The van der Waals surface area contributed by atoms with Crippen LogP contribution in [0.4, 0.5) is 9.93 Å². The first-order valence-electron chi connectivity index (χ1n) is 7.79. The summed E-state index contributed by atoms with van der Waals surface area (Å²) < 4.78 is 0. The molecule has 0 aliphatic carbocycles. The van der Waals surface area contributed by atoms with E-state index < -0.39 is 12.1 Å². The number of thiazole rings is 1. The van der Waals surface area contributed by atoms with Crippen LogP contribution in [0, 0.1) is 13.8 Å². The molecule has 2 heterocycles. The number of amides is 2. The molecule has 1 aliphatic rings. The van der Waals surface area contributed by atoms with Gasteiger partial charge in [-0.05, 0) is 37.8 Å². The summed E-state index contributed by atoms with van der Waals surface area (Å²) in [6.45, 7) is 4.47. The number of rotatable bonds is 3. The lowest BCUT2D eigenvalue weighted by molar-refractivity contribution is -0.119. The van der Waals surface area contributed by atoms with Gasteiger partial charge in [-0.15, -0.1) is 0 Å². The zero-order valence-electron chi connectivity index (χ0n) is 13.6. The number of benzene rings is 1. The number of carboxylic acid groups (broad SMARTS) is 1. The highest BCUT2D eigenvalue weighted by Gasteiger charge is 2.34. The standard InChI is InChI=1S/C17H19N3O3S/c1-10-5-6-11(2)12(8-10)14-9-18-16(24-14)19-15(21)13-4-3-7-20(13)17(22)23/h5-6,8-9,13H,3-4,7H2,1-2H3,(H,22,23)(H,18,19,21). The Balaban J connectivity index is 1.75. The summed E-state index contributed by atoms with van der Waals surface area (Å²) >= 11 is 1.40. The third-order valence-electron chi connectivity index (χ3n) is 4.20. The molecule has 0 radical (unpaired) electrons. The molecule has 2 amide bonds. The lowest BCUT2D eigenvalue weighted by Gasteiger charge is -2.19. The fourth-order valence-electron chi connectivity index (χ4n) is 2.91. The number of hydrogen-bond donors (Lipinski definition) is 2. The molecule has 1 atom stereocenters. The number of likely N-dealkylation sites (tertiary alicyclic amines) is 1. The van der Waals surface area contributed by atoms with Crippen molar-refractivity contribution in [1.82, 2.24) is 9.88 Å². The van der Waals surface area contributed by atoms with Gasteiger partial charge in [-0.25, -0.2) is 9.78 Å². The van der Waals surface area contributed by atoms with Crippen LogP contribution in [0.2, 0.25) is 0 Å². The monoisotopic (exact) mass is 345 g/mol. The molecule has 1 aromatic carbocycles. The molecule has 1 fully saturated rings. The Labute approximate surface area is 144 Å². The molecule has 1 aliphatic heterocycles. The number of nitrogens with zero attached hydrogens (tertiary/aromatic N) is 2. The van der Waals surface area contributed by atoms with Crippen LogP contribution in [0.15, 0.2) is 24.4 Å². The second kappa shape index (κ2) is 6.60. The third kappa shape index (κ3) is 3.26. The molecule has 126 valence electrons. The van der Waals surface area contributed by atoms with E-state index in [4.69, 9.17) is 5.11 Å². The van der Waals surface area contributed by atoms with Gasteiger partial charge in [0, 0.05) is 12.7 Å². The van der Waals surface area contributed by atoms with Crippen LogP contribution in [-0.2, 0) is 4.79 Å². The minimum atomic E-state index is -1.05. The number of nitrogens with one attached hydrogen (secondary N) is 1. The summed E-state index contributed by atoms with van der Waals surface area (Å²) in [6.07, 6.45) is 1.94. The molecule has 24 heavy (non-hydrogen) atoms. The second-order valence-electron chi connectivity index (χ2n) is 5.97. The highest BCUT2D eigenvalue weighted by atomic mass is 32.1. The van der Waals surface area contributed by atoms with Crippen molar-refractivity contribution < 1.29 is 14.7 Å². The molecule has 3 rings (SSSR count). The highest BCUT2D eigenvalue weighted by molar-refractivity contribution is 7.19. The number of carbonyl (C=O) groups is 2. The van der Waals surface area contributed by atoms with E-state index in [0.29, 0.717) is 24.5 Å². The van der Waals surface area contributed by atoms with Gasteiger partial charge in [0.05, 0.1) is 4.88 Å². The average molecular weight is 345 g/mol. The van der Waals surface area contributed by atoms with Crippen molar-refractivity contribution in [3.8, 4) is 10.4 Å². The lowest BCUT2D eigenvalue weighted by atomic mass is 10.1. The van der Waals surface area contributed by atoms with Gasteiger partial charge in [-0.2, -0.15) is 0 Å². The number of carbonyl (C=O) groups excluding carboxylic acids is 1. The number of anilines is 1. The molecule has 0 spiro atoms. The first-order valence-corrected chi connectivity index (χ1v) is 8.61. The number of hydrogen-bond acceptors (Lipinski definition) is 4. The molecular formula is C17H19N3O3S. The zero-order chi connectivity index (χ0) is 17.3. The molecule has 1 saturated heterocycles. The van der Waals surface area contributed by atoms with Crippen molar-refractivity contribution in [2.75, 3.05) is 11.9 Å². The van der Waals surface area contributed by atoms with Crippen LogP contribution in [0.5, 0.6) is 0 Å². The van der Waals surface area contributed by atoms with Crippen molar-refractivity contribution in [2.24, 2.45) is 0 Å². The molecule has 6 nitrogen and oxygen atoms in total. The summed E-state index contributed by atoms with van der Waals surface area (Å²) in [5, 5.41) is 12.4. The maximum absolute atomic E-state index is 12.3. The van der Waals surface area contributed by atoms with Crippen LogP contribution in [-0.4, -0.2) is 39.6 Å². The van der Waals surface area contributed by atoms with Gasteiger partial charge < -0.3 is 10.4 Å². The molecule has 1 aromatic heterocycles. The van der Waals surface area contributed by atoms with E-state index in [-0.39, 0.29) is 5.91 Å². The quantitative estimate of drug-likeness (QED) is 0.892. The Hall–Kier alpha value is -2.41. The Morgan fingerprint density at radius 3 is 2.92 bits per heavy atom. The SMILES string of the molecule is Cc1ccc(C)c(-c2cnc(NC(=O)C3CCCN3C(=O)O)s2)c1. The van der Waals surface area contributed by atoms with Crippen molar-refractivity contribution in [3.63, 3.8) is 0 Å². The predicted molar refractivity (Wildman–Crippen MR) is 93.4 cm³/mol. The summed E-state index contributed by atoms with van der Waals surface area (Å²) in [5.74, 6) is -0.309. The van der Waals surface area contributed by atoms with Crippen molar-refractivity contribution in [1.29, 1.82) is 0 Å². The van der Waals surface area contributed by atoms with Gasteiger partial charge >= 0.3 is 6.09 Å². The summed E-state index contributed by atoms with van der Waals surface area (Å²) in [5.41, 5.74) is 3.41. The minimum Gasteiger partial charge on any atom is -0.465 e. The van der Waals surface area contributed by atoms with Crippen LogP contribution in [0.1, 0.15) is 24.0 Å². The largest absolute Gasteiger partial charge is 0.465 e. The first kappa shape index (κ1) is 16.4. The van der Waals surface area contributed by atoms with E-state index in [1.54, 1.807) is 6.20 Å². The first-order chi connectivity index (χ1) is 11.5. The molecule has 0 bridgehead atoms. The van der Waals surface area contributed by atoms with Gasteiger partial charge in [0.2, 0.25) is 5.91 Å². The number of aryl methyl sites for hydroxylation is 2. The van der Waals surface area contributed by atoms with Crippen LogP contribution in [0.3, 0.4) is 0 Å². The molecule has 2 aromatic rings. The number of aromatic nitrogens is 1. The second-order valence-corrected chi connectivity index (χ2v) is 7.00. The molecule has 1 unspecified atom stereocenters. The zero-order valence-corrected chi connectivity index (χ0v) is 14.4. The third-order valence-corrected chi connectivity index (χ3v) is 5.14. The molecular weight excluding hydrogens is 326 g/mol. The fourth-order valence-corrected chi connectivity index (χ4v) is 3.82. The van der Waals surface area contributed by atoms with E-state index in [9.17, 15) is 9.59 Å². The minimum absolute atomic E-state index is 0.309. The maximum Gasteiger partial charge on any atom is 0.407 e. The predicted octanol–water partition coefficient (Wildman–Crippen LogP) is 3.51. The molecule has 7 heteroatoms. The van der Waals surface area contributed by atoms with Crippen molar-refractivity contribution in [3.05, 3.63) is 35.5 Å². The normalized spacial score (nSPS) is 17.1. The van der Waals surface area contributed by atoms with Gasteiger partial charge in [-0.1, -0.05) is 35.1 Å². The van der Waals surface area contributed by atoms with Crippen LogP contribution in [0.25, 0.3) is 10.4 Å². The van der Waals surface area contributed by atoms with Crippen LogP contribution < -0.4 is 5.32 Å². The van der Waals surface area contributed by atoms with Crippen LogP contribution >= 0.6 is 11.3 Å². The summed E-state index contributed by atoms with van der Waals surface area (Å²) in [4.78, 5) is 29.9. The Bertz CT molecular complexity index is 787. The summed E-state index contributed by atoms with van der Waals surface area (Å²) in [7, 11) is 0. The Morgan fingerprint density at radius 1 is 1.38 bits per heavy atom. The van der Waals surface area contributed by atoms with Gasteiger partial charge in [0.15, 0.2) is 5.13 Å². The van der Waals surface area contributed by atoms with E-state index >= 15 is 0 Å². The van der Waals surface area contributed by atoms with E-state index in [1.165, 1.54) is 16.2 Å². The Morgan fingerprint density at radius 2 is 2.17 bits per heavy atom. The average Bonchev–Trinajstić information content (AvgIpc) is 3.18. The molecule has 0 saturated carbocycles. The maximum atomic E-state index is 12.3. The topological polar surface area (TPSA) is 82.5 Å². The van der Waals surface area contributed by atoms with E-state index in [2.05, 4.69) is 28.5 Å². The van der Waals surface area contributed by atoms with Gasteiger partial charge in [0.25, 0.3) is 0 Å². The molecule has 2 N–H and O–H groups in total. The summed E-state index contributed by atoms with van der Waals surface area (Å²) in [6, 6.07) is 5.59. The Kier molecular flexibility index (Phi) is 4.53. The smallest absolute Gasteiger partial charge is 0.407 e. The van der Waals surface area contributed by atoms with Crippen molar-refractivity contribution in [2.45, 2.75) is 32.7 Å². The fraction of sp³-hybridized carbons (Fsp3) is 0.353.